The SMILES string of the molecule is CN(C)C=Nc1cc(=O)[nH]c(=O)[nH]1. The second kappa shape index (κ2) is 3.70. The molecule has 0 aliphatic heterocycles. The Balaban J connectivity index is 3.03. The molecule has 1 rings (SSSR count). The number of H-pyrrole nitrogens is 2. The second-order valence-corrected chi connectivity index (χ2v) is 2.68. The summed E-state index contributed by atoms with van der Waals surface area (Å²) >= 11 is 0. The van der Waals surface area contributed by atoms with E-state index in [0.717, 1.165) is 0 Å². The van der Waals surface area contributed by atoms with Crippen molar-refractivity contribution in [3.05, 3.63) is 26.9 Å². The Morgan fingerprint density at radius 2 is 2.08 bits per heavy atom. The molecule has 0 atom stereocenters. The summed E-state index contributed by atoms with van der Waals surface area (Å²) in [5.74, 6) is 0.238. The first-order valence-corrected chi connectivity index (χ1v) is 3.62. The van der Waals surface area contributed by atoms with Crippen molar-refractivity contribution >= 4 is 12.2 Å². The molecule has 0 aliphatic rings. The van der Waals surface area contributed by atoms with Gasteiger partial charge in [0.1, 0.15) is 5.82 Å². The van der Waals surface area contributed by atoms with Crippen LogP contribution in [0.4, 0.5) is 5.82 Å². The Labute approximate surface area is 73.9 Å². The molecule has 0 aliphatic carbocycles. The number of nitrogens with zero attached hydrogens (tertiary/aromatic N) is 2. The lowest BCUT2D eigenvalue weighted by molar-refractivity contribution is 0.643. The summed E-state index contributed by atoms with van der Waals surface area (Å²) < 4.78 is 0. The van der Waals surface area contributed by atoms with Crippen molar-refractivity contribution in [3.63, 3.8) is 0 Å². The Morgan fingerprint density at radius 3 is 2.62 bits per heavy atom. The average Bonchev–Trinajstić information content (AvgIpc) is 1.99. The van der Waals surface area contributed by atoms with Crippen molar-refractivity contribution in [2.24, 2.45) is 4.99 Å². The van der Waals surface area contributed by atoms with E-state index in [1.165, 1.54) is 12.4 Å². The summed E-state index contributed by atoms with van der Waals surface area (Å²) in [6.07, 6.45) is 1.49. The fraction of sp³-hybridized carbons (Fsp3) is 0.286. The molecular formula is C7H10N4O2. The first-order chi connectivity index (χ1) is 6.08. The number of nitrogens with one attached hydrogen (secondary N) is 2. The van der Waals surface area contributed by atoms with E-state index in [1.54, 1.807) is 19.0 Å². The zero-order valence-corrected chi connectivity index (χ0v) is 7.37. The fourth-order valence-corrected chi connectivity index (χ4v) is 0.703. The standard InChI is InChI=1S/C7H10N4O2/c1-11(2)4-8-5-3-6(12)10-7(13)9-5/h3-4H,1-2H3,(H2,9,10,12,13). The van der Waals surface area contributed by atoms with Crippen LogP contribution in [0.5, 0.6) is 0 Å². The summed E-state index contributed by atoms with van der Waals surface area (Å²) in [6.45, 7) is 0. The van der Waals surface area contributed by atoms with Crippen LogP contribution in [0, 0.1) is 0 Å². The third kappa shape index (κ3) is 2.94. The van der Waals surface area contributed by atoms with Crippen LogP contribution in [0.1, 0.15) is 0 Å². The number of hydrogen-bond acceptors (Lipinski definition) is 3. The van der Waals surface area contributed by atoms with Crippen LogP contribution < -0.4 is 11.2 Å². The van der Waals surface area contributed by atoms with Crippen LogP contribution in [0.15, 0.2) is 20.6 Å². The highest BCUT2D eigenvalue weighted by atomic mass is 16.2. The minimum Gasteiger partial charge on any atom is -0.369 e. The van der Waals surface area contributed by atoms with Crippen molar-refractivity contribution in [1.82, 2.24) is 14.9 Å². The van der Waals surface area contributed by atoms with Gasteiger partial charge in [0.15, 0.2) is 0 Å². The monoisotopic (exact) mass is 182 g/mol. The zero-order valence-electron chi connectivity index (χ0n) is 7.37. The molecule has 0 aromatic carbocycles. The van der Waals surface area contributed by atoms with Crippen LogP contribution in [-0.4, -0.2) is 35.3 Å². The Kier molecular flexibility index (Phi) is 2.63. The van der Waals surface area contributed by atoms with Crippen LogP contribution >= 0.6 is 0 Å². The van der Waals surface area contributed by atoms with E-state index in [-0.39, 0.29) is 5.82 Å². The van der Waals surface area contributed by atoms with Gasteiger partial charge in [-0.25, -0.2) is 9.79 Å². The minimum atomic E-state index is -0.557. The maximum Gasteiger partial charge on any atom is 0.327 e. The van der Waals surface area contributed by atoms with E-state index in [0.29, 0.717) is 0 Å². The number of aliphatic imine (C=N–C) groups is 1. The number of rotatable bonds is 2. The zero-order chi connectivity index (χ0) is 9.84. The molecule has 70 valence electrons. The maximum atomic E-state index is 10.8. The first kappa shape index (κ1) is 9.24. The number of aromatic amines is 2. The minimum absolute atomic E-state index is 0.238. The highest BCUT2D eigenvalue weighted by Crippen LogP contribution is 1.96. The highest BCUT2D eigenvalue weighted by Gasteiger charge is 1.92. The van der Waals surface area contributed by atoms with Gasteiger partial charge < -0.3 is 4.90 Å². The molecule has 0 fully saturated rings. The molecule has 2 N–H and O–H groups in total. The lowest BCUT2D eigenvalue weighted by Gasteiger charge is -2.01. The summed E-state index contributed by atoms with van der Waals surface area (Å²) in [5.41, 5.74) is -1.02. The largest absolute Gasteiger partial charge is 0.369 e. The molecule has 6 heteroatoms. The molecule has 0 unspecified atom stereocenters. The van der Waals surface area contributed by atoms with Crippen molar-refractivity contribution in [2.45, 2.75) is 0 Å². The van der Waals surface area contributed by atoms with Gasteiger partial charge in [-0.2, -0.15) is 0 Å². The number of aromatic nitrogens is 2. The van der Waals surface area contributed by atoms with Crippen LogP contribution in [0.2, 0.25) is 0 Å². The van der Waals surface area contributed by atoms with Gasteiger partial charge in [-0.15, -0.1) is 0 Å². The summed E-state index contributed by atoms with van der Waals surface area (Å²) in [6, 6.07) is 1.21. The molecule has 0 radical (unpaired) electrons. The lowest BCUT2D eigenvalue weighted by Crippen LogP contribution is -2.20. The van der Waals surface area contributed by atoms with E-state index in [1.807, 2.05) is 4.98 Å². The van der Waals surface area contributed by atoms with Gasteiger partial charge >= 0.3 is 5.69 Å². The summed E-state index contributed by atoms with van der Waals surface area (Å²) in [5, 5.41) is 0. The molecule has 6 nitrogen and oxygen atoms in total. The van der Waals surface area contributed by atoms with E-state index in [9.17, 15) is 9.59 Å². The lowest BCUT2D eigenvalue weighted by atomic mass is 10.6. The highest BCUT2D eigenvalue weighted by molar-refractivity contribution is 5.58. The van der Waals surface area contributed by atoms with Crippen molar-refractivity contribution in [1.29, 1.82) is 0 Å². The normalized spacial score (nSPS) is 10.6. The molecule has 0 bridgehead atoms. The first-order valence-electron chi connectivity index (χ1n) is 3.62. The Bertz CT molecular complexity index is 387. The molecule has 0 spiro atoms. The van der Waals surface area contributed by atoms with Crippen LogP contribution in [0.25, 0.3) is 0 Å². The molecule has 13 heavy (non-hydrogen) atoms. The van der Waals surface area contributed by atoms with E-state index >= 15 is 0 Å². The molecule has 1 aromatic heterocycles. The summed E-state index contributed by atoms with van der Waals surface area (Å²) in [4.78, 5) is 31.5. The average molecular weight is 182 g/mol. The van der Waals surface area contributed by atoms with Gasteiger partial charge in [-0.1, -0.05) is 0 Å². The van der Waals surface area contributed by atoms with Gasteiger partial charge in [-0.3, -0.25) is 14.8 Å². The van der Waals surface area contributed by atoms with Crippen LogP contribution in [-0.2, 0) is 0 Å². The Hall–Kier alpha value is -1.85. The van der Waals surface area contributed by atoms with Gasteiger partial charge in [0.2, 0.25) is 0 Å². The quantitative estimate of drug-likeness (QED) is 0.468. The molecule has 0 amide bonds. The maximum absolute atomic E-state index is 10.8. The van der Waals surface area contributed by atoms with Crippen molar-refractivity contribution in [3.8, 4) is 0 Å². The van der Waals surface area contributed by atoms with E-state index in [2.05, 4.69) is 9.98 Å². The fourth-order valence-electron chi connectivity index (χ4n) is 0.703. The van der Waals surface area contributed by atoms with Crippen molar-refractivity contribution < 1.29 is 0 Å². The van der Waals surface area contributed by atoms with Crippen LogP contribution in [0.3, 0.4) is 0 Å². The second-order valence-electron chi connectivity index (χ2n) is 2.68. The summed E-state index contributed by atoms with van der Waals surface area (Å²) in [7, 11) is 3.57. The molecule has 0 saturated heterocycles. The number of hydrogen-bond donors (Lipinski definition) is 2. The van der Waals surface area contributed by atoms with Crippen molar-refractivity contribution in [2.75, 3.05) is 14.1 Å². The Morgan fingerprint density at radius 1 is 1.38 bits per heavy atom. The molecular weight excluding hydrogens is 172 g/mol. The topological polar surface area (TPSA) is 81.3 Å². The van der Waals surface area contributed by atoms with Gasteiger partial charge in [0.25, 0.3) is 5.56 Å². The molecule has 1 aromatic rings. The third-order valence-electron chi connectivity index (χ3n) is 1.17. The van der Waals surface area contributed by atoms with Gasteiger partial charge in [-0.05, 0) is 0 Å². The predicted molar refractivity (Wildman–Crippen MR) is 49.5 cm³/mol. The third-order valence-corrected chi connectivity index (χ3v) is 1.17. The van der Waals surface area contributed by atoms with Gasteiger partial charge in [0.05, 0.1) is 6.34 Å². The van der Waals surface area contributed by atoms with E-state index < -0.39 is 11.2 Å². The van der Waals surface area contributed by atoms with E-state index in [4.69, 9.17) is 0 Å². The predicted octanol–water partition coefficient (Wildman–Crippen LogP) is -0.715. The van der Waals surface area contributed by atoms with Gasteiger partial charge in [0, 0.05) is 20.2 Å². The molecule has 1 heterocycles. The molecule has 0 saturated carbocycles. The smallest absolute Gasteiger partial charge is 0.327 e.